The first kappa shape index (κ1) is 20.9. The van der Waals surface area contributed by atoms with Crippen molar-refractivity contribution in [3.05, 3.63) is 72.1 Å². The number of carbonyl (C=O) groups excluding carboxylic acids is 1. The standard InChI is InChI=1S/C23H24FN5O2/c24-19-7-6-15(23(31)29-20-4-1-2-5-21(20)30)10-16(19)13-28-18-11-17(12-25-14-18)22-26-8-3-9-27-22/h3,6-12,14,20-21,28,30H,1-2,4-5,13H2,(H,29,31)/t20-,21-/m0/s1. The fourth-order valence-electron chi connectivity index (χ4n) is 3.69. The number of aliphatic hydroxyl groups is 1. The largest absolute Gasteiger partial charge is 0.391 e. The molecule has 1 fully saturated rings. The van der Waals surface area contributed by atoms with Crippen molar-refractivity contribution in [2.75, 3.05) is 5.32 Å². The molecule has 1 saturated carbocycles. The third-order valence-corrected chi connectivity index (χ3v) is 5.40. The molecular weight excluding hydrogens is 397 g/mol. The number of carbonyl (C=O) groups is 1. The van der Waals surface area contributed by atoms with Gasteiger partial charge in [0.15, 0.2) is 5.82 Å². The summed E-state index contributed by atoms with van der Waals surface area (Å²) in [6, 6.07) is 7.58. The first-order chi connectivity index (χ1) is 15.1. The van der Waals surface area contributed by atoms with Gasteiger partial charge in [0.2, 0.25) is 0 Å². The lowest BCUT2D eigenvalue weighted by Crippen LogP contribution is -2.45. The second-order valence-corrected chi connectivity index (χ2v) is 7.63. The SMILES string of the molecule is O=C(N[C@H]1CCCC[C@@H]1O)c1ccc(F)c(CNc2cncc(-c3ncccn3)c2)c1. The second-order valence-electron chi connectivity index (χ2n) is 7.63. The Morgan fingerprint density at radius 2 is 1.94 bits per heavy atom. The minimum Gasteiger partial charge on any atom is -0.391 e. The smallest absolute Gasteiger partial charge is 0.251 e. The van der Waals surface area contributed by atoms with Gasteiger partial charge in [-0.25, -0.2) is 14.4 Å². The monoisotopic (exact) mass is 421 g/mol. The van der Waals surface area contributed by atoms with E-state index in [-0.39, 0.29) is 18.5 Å². The quantitative estimate of drug-likeness (QED) is 0.565. The lowest BCUT2D eigenvalue weighted by Gasteiger charge is -2.28. The summed E-state index contributed by atoms with van der Waals surface area (Å²) in [6.07, 6.45) is 9.43. The van der Waals surface area contributed by atoms with Crippen molar-refractivity contribution in [3.8, 4) is 11.4 Å². The molecule has 0 saturated heterocycles. The van der Waals surface area contributed by atoms with E-state index < -0.39 is 11.9 Å². The van der Waals surface area contributed by atoms with Gasteiger partial charge < -0.3 is 15.7 Å². The number of rotatable bonds is 6. The molecule has 2 atom stereocenters. The molecule has 1 amide bonds. The van der Waals surface area contributed by atoms with Crippen LogP contribution < -0.4 is 10.6 Å². The number of pyridine rings is 1. The van der Waals surface area contributed by atoms with E-state index in [2.05, 4.69) is 25.6 Å². The highest BCUT2D eigenvalue weighted by Crippen LogP contribution is 2.21. The molecule has 8 heteroatoms. The lowest BCUT2D eigenvalue weighted by atomic mass is 9.92. The van der Waals surface area contributed by atoms with Gasteiger partial charge in [-0.05, 0) is 43.2 Å². The Bertz CT molecular complexity index is 1050. The normalized spacial score (nSPS) is 18.4. The summed E-state index contributed by atoms with van der Waals surface area (Å²) < 4.78 is 14.4. The maximum Gasteiger partial charge on any atom is 0.251 e. The van der Waals surface area contributed by atoms with Crippen LogP contribution in [0.15, 0.2) is 55.1 Å². The number of halogens is 1. The lowest BCUT2D eigenvalue weighted by molar-refractivity contribution is 0.0717. The second kappa shape index (κ2) is 9.61. The number of amides is 1. The molecule has 7 nitrogen and oxygen atoms in total. The van der Waals surface area contributed by atoms with Crippen molar-refractivity contribution < 1.29 is 14.3 Å². The molecule has 160 valence electrons. The van der Waals surface area contributed by atoms with Crippen LogP contribution in [0, 0.1) is 5.82 Å². The van der Waals surface area contributed by atoms with E-state index in [4.69, 9.17) is 0 Å². The predicted octanol–water partition coefficient (Wildman–Crippen LogP) is 3.32. The minimum atomic E-state index is -0.535. The van der Waals surface area contributed by atoms with Gasteiger partial charge in [-0.15, -0.1) is 0 Å². The third kappa shape index (κ3) is 5.21. The Kier molecular flexibility index (Phi) is 6.47. The van der Waals surface area contributed by atoms with E-state index in [1.54, 1.807) is 30.9 Å². The molecular formula is C23H24FN5O2. The predicted molar refractivity (Wildman–Crippen MR) is 115 cm³/mol. The minimum absolute atomic E-state index is 0.180. The van der Waals surface area contributed by atoms with Crippen molar-refractivity contribution in [2.24, 2.45) is 0 Å². The third-order valence-electron chi connectivity index (χ3n) is 5.40. The zero-order valence-corrected chi connectivity index (χ0v) is 17.0. The van der Waals surface area contributed by atoms with Crippen LogP contribution in [0.25, 0.3) is 11.4 Å². The summed E-state index contributed by atoms with van der Waals surface area (Å²) in [5.41, 5.74) is 2.15. The molecule has 1 aliphatic rings. The van der Waals surface area contributed by atoms with E-state index in [0.29, 0.717) is 29.1 Å². The molecule has 3 aromatic rings. The number of aromatic nitrogens is 3. The summed E-state index contributed by atoms with van der Waals surface area (Å²) in [5, 5.41) is 16.1. The number of nitrogens with zero attached hydrogens (tertiary/aromatic N) is 3. The summed E-state index contributed by atoms with van der Waals surface area (Å²) >= 11 is 0. The molecule has 31 heavy (non-hydrogen) atoms. The van der Waals surface area contributed by atoms with Crippen molar-refractivity contribution in [2.45, 2.75) is 44.4 Å². The van der Waals surface area contributed by atoms with Gasteiger partial charge >= 0.3 is 0 Å². The van der Waals surface area contributed by atoms with Gasteiger partial charge in [0.05, 0.1) is 17.8 Å². The van der Waals surface area contributed by atoms with Crippen LogP contribution in [-0.4, -0.2) is 38.1 Å². The van der Waals surface area contributed by atoms with Crippen LogP contribution >= 0.6 is 0 Å². The number of anilines is 1. The van der Waals surface area contributed by atoms with Gasteiger partial charge in [-0.2, -0.15) is 0 Å². The summed E-state index contributed by atoms with van der Waals surface area (Å²) in [7, 11) is 0. The maximum absolute atomic E-state index is 14.4. The summed E-state index contributed by atoms with van der Waals surface area (Å²) in [5.74, 6) is -0.164. The van der Waals surface area contributed by atoms with E-state index >= 15 is 0 Å². The molecule has 4 rings (SSSR count). The molecule has 0 bridgehead atoms. The number of benzene rings is 1. The topological polar surface area (TPSA) is 100 Å². The van der Waals surface area contributed by atoms with Crippen LogP contribution in [0.5, 0.6) is 0 Å². The Labute approximate surface area is 179 Å². The Hall–Kier alpha value is -3.39. The number of hydrogen-bond donors (Lipinski definition) is 3. The highest BCUT2D eigenvalue weighted by molar-refractivity contribution is 5.94. The molecule has 0 radical (unpaired) electrons. The highest BCUT2D eigenvalue weighted by atomic mass is 19.1. The Morgan fingerprint density at radius 3 is 2.74 bits per heavy atom. The van der Waals surface area contributed by atoms with Crippen LogP contribution in [0.4, 0.5) is 10.1 Å². The summed E-state index contributed by atoms with van der Waals surface area (Å²) in [6.45, 7) is 0.180. The Morgan fingerprint density at radius 1 is 1.13 bits per heavy atom. The average Bonchev–Trinajstić information content (AvgIpc) is 2.81. The molecule has 3 N–H and O–H groups in total. The fraction of sp³-hybridized carbons (Fsp3) is 0.304. The van der Waals surface area contributed by atoms with Crippen molar-refractivity contribution in [1.82, 2.24) is 20.3 Å². The molecule has 1 aliphatic carbocycles. The van der Waals surface area contributed by atoms with Gasteiger partial charge in [-0.1, -0.05) is 12.8 Å². The van der Waals surface area contributed by atoms with Gasteiger partial charge in [-0.3, -0.25) is 9.78 Å². The van der Waals surface area contributed by atoms with E-state index in [0.717, 1.165) is 24.8 Å². The Balaban J connectivity index is 1.44. The number of nitrogens with one attached hydrogen (secondary N) is 2. The van der Waals surface area contributed by atoms with Crippen molar-refractivity contribution in [3.63, 3.8) is 0 Å². The molecule has 2 heterocycles. The van der Waals surface area contributed by atoms with Crippen LogP contribution in [0.1, 0.15) is 41.6 Å². The average molecular weight is 421 g/mol. The zero-order chi connectivity index (χ0) is 21.6. The molecule has 0 spiro atoms. The van der Waals surface area contributed by atoms with Gasteiger partial charge in [0.25, 0.3) is 5.91 Å². The van der Waals surface area contributed by atoms with E-state index in [1.807, 2.05) is 6.07 Å². The first-order valence-electron chi connectivity index (χ1n) is 10.3. The molecule has 1 aromatic carbocycles. The van der Waals surface area contributed by atoms with Crippen molar-refractivity contribution >= 4 is 11.6 Å². The molecule has 0 unspecified atom stereocenters. The summed E-state index contributed by atoms with van der Waals surface area (Å²) in [4.78, 5) is 25.2. The van der Waals surface area contributed by atoms with Crippen molar-refractivity contribution in [1.29, 1.82) is 0 Å². The molecule has 2 aromatic heterocycles. The van der Waals surface area contributed by atoms with Crippen LogP contribution in [-0.2, 0) is 6.54 Å². The van der Waals surface area contributed by atoms with Crippen LogP contribution in [0.3, 0.4) is 0 Å². The van der Waals surface area contributed by atoms with E-state index in [1.165, 1.54) is 18.2 Å². The van der Waals surface area contributed by atoms with Gasteiger partial charge in [0, 0.05) is 48.0 Å². The van der Waals surface area contributed by atoms with E-state index in [9.17, 15) is 14.3 Å². The number of aliphatic hydroxyl groups excluding tert-OH is 1. The fourth-order valence-corrected chi connectivity index (χ4v) is 3.69. The molecule has 0 aliphatic heterocycles. The highest BCUT2D eigenvalue weighted by Gasteiger charge is 2.25. The zero-order valence-electron chi connectivity index (χ0n) is 17.0. The number of hydrogen-bond acceptors (Lipinski definition) is 6. The first-order valence-corrected chi connectivity index (χ1v) is 10.3. The maximum atomic E-state index is 14.4. The van der Waals surface area contributed by atoms with Gasteiger partial charge in [0.1, 0.15) is 5.82 Å². The van der Waals surface area contributed by atoms with Crippen LogP contribution in [0.2, 0.25) is 0 Å².